The Bertz CT molecular complexity index is 1180. The first kappa shape index (κ1) is 24.0. The molecule has 3 N–H and O–H groups in total. The van der Waals surface area contributed by atoms with Crippen LogP contribution in [0.5, 0.6) is 0 Å². The topological polar surface area (TPSA) is 105 Å². The molecule has 7 nitrogen and oxygen atoms in total. The van der Waals surface area contributed by atoms with Gasteiger partial charge in [-0.15, -0.1) is 0 Å². The molecule has 0 radical (unpaired) electrons. The number of rotatable bonds is 9. The fourth-order valence-corrected chi connectivity index (χ4v) is 4.37. The summed E-state index contributed by atoms with van der Waals surface area (Å²) in [6.07, 6.45) is 0.450. The number of hydrogen-bond donors (Lipinski definition) is 3. The second-order valence-electron chi connectivity index (χ2n) is 8.51. The molecule has 0 aliphatic heterocycles. The lowest BCUT2D eigenvalue weighted by Crippen LogP contribution is -2.40. The lowest BCUT2D eigenvalue weighted by molar-refractivity contribution is -0.141. The van der Waals surface area contributed by atoms with Crippen LogP contribution in [0.25, 0.3) is 11.1 Å². The van der Waals surface area contributed by atoms with Gasteiger partial charge >= 0.3 is 12.1 Å². The Labute approximate surface area is 204 Å². The smallest absolute Gasteiger partial charge is 0.411 e. The minimum Gasteiger partial charge on any atom is -0.480 e. The standard InChI is InChI=1S/C28H28N2O5/c1-2-25(27(32)33)30-26(31)16-13-18-11-14-19(15-12-18)29-28(34)35-17-24-22-9-5-3-7-20(22)21-8-4-6-10-23(21)24/h3-12,14-15,24-25H,2,13,16-17H2,1H3,(H,29,34)(H,30,31)(H,32,33)/t25-/m1/s1. The van der Waals surface area contributed by atoms with Gasteiger partial charge in [0.1, 0.15) is 12.6 Å². The summed E-state index contributed by atoms with van der Waals surface area (Å²) in [4.78, 5) is 35.5. The number of aliphatic carboxylic acids is 1. The molecule has 180 valence electrons. The summed E-state index contributed by atoms with van der Waals surface area (Å²) in [5.74, 6) is -1.35. The quantitative estimate of drug-likeness (QED) is 0.408. The third kappa shape index (κ3) is 5.69. The lowest BCUT2D eigenvalue weighted by atomic mass is 9.98. The van der Waals surface area contributed by atoms with Gasteiger partial charge in [-0.05, 0) is 52.8 Å². The Balaban J connectivity index is 1.28. The maximum Gasteiger partial charge on any atom is 0.411 e. The van der Waals surface area contributed by atoms with Crippen molar-refractivity contribution >= 4 is 23.7 Å². The molecule has 1 aliphatic carbocycles. The van der Waals surface area contributed by atoms with E-state index in [0.717, 1.165) is 16.7 Å². The number of carboxylic acid groups (broad SMARTS) is 1. The van der Waals surface area contributed by atoms with Crippen LogP contribution in [-0.4, -0.2) is 35.7 Å². The molecule has 0 heterocycles. The van der Waals surface area contributed by atoms with Crippen molar-refractivity contribution < 1.29 is 24.2 Å². The van der Waals surface area contributed by atoms with E-state index >= 15 is 0 Å². The number of fused-ring (bicyclic) bond motifs is 3. The summed E-state index contributed by atoms with van der Waals surface area (Å²) in [6, 6.07) is 22.6. The maximum atomic E-state index is 12.4. The third-order valence-corrected chi connectivity index (χ3v) is 6.23. The highest BCUT2D eigenvalue weighted by Gasteiger charge is 2.29. The van der Waals surface area contributed by atoms with Crippen molar-refractivity contribution in [2.75, 3.05) is 11.9 Å². The molecule has 0 bridgehead atoms. The first-order chi connectivity index (χ1) is 17.0. The molecular weight excluding hydrogens is 444 g/mol. The number of carboxylic acids is 1. The van der Waals surface area contributed by atoms with Crippen molar-refractivity contribution in [1.29, 1.82) is 0 Å². The van der Waals surface area contributed by atoms with Gasteiger partial charge in [-0.25, -0.2) is 9.59 Å². The molecule has 7 heteroatoms. The molecule has 2 amide bonds. The van der Waals surface area contributed by atoms with Crippen LogP contribution in [0.3, 0.4) is 0 Å². The zero-order chi connectivity index (χ0) is 24.8. The summed E-state index contributed by atoms with van der Waals surface area (Å²) >= 11 is 0. The summed E-state index contributed by atoms with van der Waals surface area (Å²) < 4.78 is 5.57. The second kappa shape index (κ2) is 10.9. The van der Waals surface area contributed by atoms with Gasteiger partial charge in [0.05, 0.1) is 0 Å². The zero-order valence-corrected chi connectivity index (χ0v) is 19.5. The first-order valence-electron chi connectivity index (χ1n) is 11.7. The van der Waals surface area contributed by atoms with Crippen LogP contribution in [0.2, 0.25) is 0 Å². The van der Waals surface area contributed by atoms with Gasteiger partial charge in [-0.2, -0.15) is 0 Å². The van der Waals surface area contributed by atoms with Crippen molar-refractivity contribution in [3.8, 4) is 11.1 Å². The molecule has 0 aromatic heterocycles. The normalized spacial score (nSPS) is 12.8. The highest BCUT2D eigenvalue weighted by molar-refractivity contribution is 5.85. The van der Waals surface area contributed by atoms with E-state index in [1.165, 1.54) is 11.1 Å². The van der Waals surface area contributed by atoms with Crippen molar-refractivity contribution in [1.82, 2.24) is 5.32 Å². The van der Waals surface area contributed by atoms with Crippen LogP contribution in [-0.2, 0) is 20.7 Å². The molecule has 3 aromatic rings. The highest BCUT2D eigenvalue weighted by atomic mass is 16.5. The number of ether oxygens (including phenoxy) is 1. The van der Waals surface area contributed by atoms with E-state index in [9.17, 15) is 14.4 Å². The third-order valence-electron chi connectivity index (χ3n) is 6.23. The monoisotopic (exact) mass is 472 g/mol. The lowest BCUT2D eigenvalue weighted by Gasteiger charge is -2.15. The Morgan fingerprint density at radius 1 is 0.914 bits per heavy atom. The van der Waals surface area contributed by atoms with Crippen LogP contribution < -0.4 is 10.6 Å². The second-order valence-corrected chi connectivity index (χ2v) is 8.51. The number of amides is 2. The minimum atomic E-state index is -1.04. The molecule has 0 spiro atoms. The van der Waals surface area contributed by atoms with Crippen molar-refractivity contribution in [3.63, 3.8) is 0 Å². The van der Waals surface area contributed by atoms with E-state index in [4.69, 9.17) is 9.84 Å². The highest BCUT2D eigenvalue weighted by Crippen LogP contribution is 2.44. The summed E-state index contributed by atoms with van der Waals surface area (Å²) in [7, 11) is 0. The molecule has 0 unspecified atom stereocenters. The van der Waals surface area contributed by atoms with Gasteiger partial charge < -0.3 is 15.2 Å². The predicted octanol–water partition coefficient (Wildman–Crippen LogP) is 4.96. The Morgan fingerprint density at radius 3 is 2.09 bits per heavy atom. The molecule has 1 atom stereocenters. The fourth-order valence-electron chi connectivity index (χ4n) is 4.37. The van der Waals surface area contributed by atoms with E-state index in [1.807, 2.05) is 36.4 Å². The number of carbonyl (C=O) groups is 3. The summed E-state index contributed by atoms with van der Waals surface area (Å²) in [5, 5.41) is 14.3. The molecule has 35 heavy (non-hydrogen) atoms. The summed E-state index contributed by atoms with van der Waals surface area (Å²) in [5.41, 5.74) is 6.16. The average molecular weight is 473 g/mol. The van der Waals surface area contributed by atoms with Crippen molar-refractivity contribution in [3.05, 3.63) is 89.5 Å². The molecule has 0 saturated heterocycles. The van der Waals surface area contributed by atoms with E-state index in [0.29, 0.717) is 18.5 Å². The van der Waals surface area contributed by atoms with Crippen LogP contribution >= 0.6 is 0 Å². The zero-order valence-electron chi connectivity index (χ0n) is 19.5. The van der Waals surface area contributed by atoms with Gasteiger partial charge in [0.25, 0.3) is 0 Å². The van der Waals surface area contributed by atoms with Crippen molar-refractivity contribution in [2.45, 2.75) is 38.1 Å². The number of benzene rings is 3. The van der Waals surface area contributed by atoms with Gasteiger partial charge in [0, 0.05) is 18.0 Å². The van der Waals surface area contributed by atoms with Gasteiger partial charge in [-0.3, -0.25) is 10.1 Å². The largest absolute Gasteiger partial charge is 0.480 e. The average Bonchev–Trinajstić information content (AvgIpc) is 3.19. The van der Waals surface area contributed by atoms with Crippen LogP contribution in [0, 0.1) is 0 Å². The van der Waals surface area contributed by atoms with E-state index < -0.39 is 18.1 Å². The Morgan fingerprint density at radius 2 is 1.51 bits per heavy atom. The predicted molar refractivity (Wildman–Crippen MR) is 133 cm³/mol. The molecule has 3 aromatic carbocycles. The van der Waals surface area contributed by atoms with Crippen LogP contribution in [0.15, 0.2) is 72.8 Å². The van der Waals surface area contributed by atoms with Crippen LogP contribution in [0.4, 0.5) is 10.5 Å². The molecular formula is C28H28N2O5. The molecule has 0 fully saturated rings. The SMILES string of the molecule is CC[C@@H](NC(=O)CCc1ccc(NC(=O)OCC2c3ccccc3-c3ccccc32)cc1)C(=O)O. The number of anilines is 1. The Kier molecular flexibility index (Phi) is 7.45. The van der Waals surface area contributed by atoms with Crippen molar-refractivity contribution in [2.24, 2.45) is 0 Å². The fraction of sp³-hybridized carbons (Fsp3) is 0.250. The minimum absolute atomic E-state index is 0.00453. The number of carbonyl (C=O) groups excluding carboxylic acids is 2. The van der Waals surface area contributed by atoms with E-state index in [2.05, 4.69) is 34.9 Å². The molecule has 0 saturated carbocycles. The van der Waals surface area contributed by atoms with Gasteiger partial charge in [-0.1, -0.05) is 67.6 Å². The number of aryl methyl sites for hydroxylation is 1. The molecule has 4 rings (SSSR count). The van der Waals surface area contributed by atoms with Gasteiger partial charge in [0.15, 0.2) is 0 Å². The maximum absolute atomic E-state index is 12.4. The van der Waals surface area contributed by atoms with Crippen LogP contribution in [0.1, 0.15) is 42.4 Å². The Hall–Kier alpha value is -4.13. The summed E-state index contributed by atoms with van der Waals surface area (Å²) in [6.45, 7) is 1.95. The molecule has 1 aliphatic rings. The number of nitrogens with one attached hydrogen (secondary N) is 2. The van der Waals surface area contributed by atoms with E-state index in [1.54, 1.807) is 19.1 Å². The van der Waals surface area contributed by atoms with E-state index in [-0.39, 0.29) is 24.9 Å². The number of hydrogen-bond acceptors (Lipinski definition) is 4. The first-order valence-corrected chi connectivity index (χ1v) is 11.7. The van der Waals surface area contributed by atoms with Gasteiger partial charge in [0.2, 0.25) is 5.91 Å².